The van der Waals surface area contributed by atoms with E-state index in [0.717, 1.165) is 17.2 Å². The number of carbonyl (C=O) groups is 1. The van der Waals surface area contributed by atoms with Gasteiger partial charge in [0.05, 0.1) is 51.3 Å². The zero-order valence-corrected chi connectivity index (χ0v) is 37.1. The van der Waals surface area contributed by atoms with Crippen LogP contribution in [0, 0.1) is 11.3 Å². The van der Waals surface area contributed by atoms with Gasteiger partial charge in [-0.05, 0) is 30.3 Å². The maximum Gasteiger partial charge on any atom is 0.475 e. The van der Waals surface area contributed by atoms with Crippen LogP contribution in [0.2, 0.25) is 18.1 Å². The number of nitriles is 1. The maximum absolute atomic E-state index is 16.7. The van der Waals surface area contributed by atoms with Crippen molar-refractivity contribution in [3.63, 3.8) is 0 Å². The van der Waals surface area contributed by atoms with Crippen LogP contribution in [0.5, 0.6) is 0 Å². The summed E-state index contributed by atoms with van der Waals surface area (Å²) in [6.45, 7) is 7.71. The first-order chi connectivity index (χ1) is 29.9. The number of fused-ring (bicyclic) bond motifs is 5. The molecule has 0 saturated carbocycles. The molecule has 0 spiro atoms. The minimum absolute atomic E-state index is 0.0461. The van der Waals surface area contributed by atoms with E-state index in [9.17, 15) is 28.9 Å². The lowest BCUT2D eigenvalue weighted by molar-refractivity contribution is -0.0686. The molecule has 3 fully saturated rings. The lowest BCUT2D eigenvalue weighted by atomic mass is 10.1. The second-order valence-electron chi connectivity index (χ2n) is 16.2. The Hall–Kier alpha value is -4.67. The molecule has 4 aromatic heterocycles. The van der Waals surface area contributed by atoms with Crippen molar-refractivity contribution in [3.8, 4) is 6.07 Å². The van der Waals surface area contributed by atoms with Crippen LogP contribution in [0.3, 0.4) is 0 Å². The summed E-state index contributed by atoms with van der Waals surface area (Å²) in [7, 11) is -13.0. The molecule has 0 radical (unpaired) electrons. The van der Waals surface area contributed by atoms with Gasteiger partial charge in [-0.2, -0.15) is 5.26 Å². The molecule has 63 heavy (non-hydrogen) atoms. The van der Waals surface area contributed by atoms with Crippen molar-refractivity contribution >= 4 is 58.0 Å². The van der Waals surface area contributed by atoms with E-state index in [-0.39, 0.29) is 34.6 Å². The Morgan fingerprint density at radius 3 is 2.40 bits per heavy atom. The molecule has 5 aromatic rings. The van der Waals surface area contributed by atoms with Crippen molar-refractivity contribution in [2.24, 2.45) is 0 Å². The third kappa shape index (κ3) is 9.04. The predicted octanol–water partition coefficient (Wildman–Crippen LogP) is 4.69. The van der Waals surface area contributed by atoms with Crippen molar-refractivity contribution in [1.29, 1.82) is 5.26 Å². The van der Waals surface area contributed by atoms with E-state index in [4.69, 9.17) is 36.5 Å². The highest BCUT2D eigenvalue weighted by molar-refractivity contribution is 7.48. The quantitative estimate of drug-likeness (QED) is 0.103. The largest absolute Gasteiger partial charge is 0.475 e. The molecule has 336 valence electrons. The molecule has 27 heteroatoms. The number of alkyl halides is 1. The molecular weight excluding hydrogens is 889 g/mol. The number of aromatic nitrogens is 8. The molecule has 8 rings (SSSR count). The highest BCUT2D eigenvalue weighted by Gasteiger charge is 2.57. The van der Waals surface area contributed by atoms with Gasteiger partial charge in [-0.25, -0.2) is 38.4 Å². The van der Waals surface area contributed by atoms with E-state index in [1.165, 1.54) is 17.2 Å². The summed E-state index contributed by atoms with van der Waals surface area (Å²) in [5.41, 5.74) is -0.248. The fraction of sp³-hybridized carbons (Fsp3) is 0.500. The summed E-state index contributed by atoms with van der Waals surface area (Å²) in [6.07, 6.45) is -8.42. The zero-order chi connectivity index (χ0) is 44.9. The van der Waals surface area contributed by atoms with Gasteiger partial charge < -0.3 is 29.1 Å². The van der Waals surface area contributed by atoms with Crippen molar-refractivity contribution in [2.45, 2.75) is 94.5 Å². The standard InChI is InChI=1S/C36H43FN10O13P2Si/c1-36(2,3)63(4,5)60-27-22-15-55-62(52,53-13-9-12-38)59-26-21(56-34(23(26)37)46-19-44-25-31(46)41-17-42-33(25)49)14-54-61(50,51)58-28(27)35(57-22)47-18-43-24-29(39-16-40-30(24)47)45-32(48)20-10-7-6-8-11-20/h6-8,10-11,16-19,21-23,26-28,34-35H,9,13-15H2,1-5H3,(H,50,51)(H,41,42,49)(H,39,40,45,48)/t21?,22?,23-,26-,27-,28-,34?,35?,62?/m1/s1. The van der Waals surface area contributed by atoms with Crippen molar-refractivity contribution in [2.75, 3.05) is 25.1 Å². The fourth-order valence-corrected chi connectivity index (χ4v) is 10.6. The molecule has 3 aliphatic rings. The number of phosphoric ester groups is 2. The number of anilines is 1. The fourth-order valence-electron chi connectivity index (χ4n) is 6.93. The number of halogens is 1. The minimum Gasteiger partial charge on any atom is -0.408 e. The molecular formula is C36H43FN10O13P2Si. The molecule has 1 amide bonds. The number of amides is 1. The van der Waals surface area contributed by atoms with Crippen LogP contribution in [0.1, 0.15) is 50.0 Å². The second-order valence-corrected chi connectivity index (χ2v) is 24.0. The number of phosphoric acid groups is 2. The van der Waals surface area contributed by atoms with E-state index >= 15 is 4.39 Å². The van der Waals surface area contributed by atoms with Gasteiger partial charge in [0, 0.05) is 5.56 Å². The number of aromatic amines is 1. The Labute approximate surface area is 358 Å². The first-order valence-corrected chi connectivity index (χ1v) is 25.4. The molecule has 3 saturated heterocycles. The molecule has 0 aliphatic carbocycles. The Kier molecular flexibility index (Phi) is 12.4. The van der Waals surface area contributed by atoms with Crippen LogP contribution in [0.15, 0.2) is 60.4 Å². The summed E-state index contributed by atoms with van der Waals surface area (Å²) in [5, 5.41) is 11.6. The predicted molar refractivity (Wildman–Crippen MR) is 218 cm³/mol. The Morgan fingerprint density at radius 1 is 0.984 bits per heavy atom. The number of hydrogen-bond acceptors (Lipinski definition) is 18. The second kappa shape index (κ2) is 17.4. The van der Waals surface area contributed by atoms with Gasteiger partial charge in [-0.1, -0.05) is 39.0 Å². The van der Waals surface area contributed by atoms with Gasteiger partial charge >= 0.3 is 15.6 Å². The van der Waals surface area contributed by atoms with E-state index in [1.54, 1.807) is 30.3 Å². The third-order valence-electron chi connectivity index (χ3n) is 11.1. The van der Waals surface area contributed by atoms with Gasteiger partial charge in [0.2, 0.25) is 0 Å². The van der Waals surface area contributed by atoms with Crippen molar-refractivity contribution in [1.82, 2.24) is 39.0 Å². The first-order valence-electron chi connectivity index (χ1n) is 19.6. The Morgan fingerprint density at radius 2 is 1.67 bits per heavy atom. The average molecular weight is 933 g/mol. The van der Waals surface area contributed by atoms with Crippen LogP contribution in [-0.2, 0) is 45.6 Å². The lowest BCUT2D eigenvalue weighted by Gasteiger charge is -2.40. The van der Waals surface area contributed by atoms with Crippen molar-refractivity contribution < 1.29 is 59.7 Å². The third-order valence-corrected chi connectivity index (χ3v) is 18.0. The molecule has 1 aromatic carbocycles. The normalized spacial score (nSPS) is 30.6. The van der Waals surface area contributed by atoms with Gasteiger partial charge in [0.1, 0.15) is 36.8 Å². The molecule has 3 aliphatic heterocycles. The first kappa shape index (κ1) is 44.9. The van der Waals surface area contributed by atoms with Crippen molar-refractivity contribution in [3.05, 3.63) is 71.6 Å². The topological polar surface area (TPSA) is 288 Å². The van der Waals surface area contributed by atoms with Crippen LogP contribution < -0.4 is 10.9 Å². The number of benzene rings is 1. The van der Waals surface area contributed by atoms with E-state index in [1.807, 2.05) is 39.9 Å². The van der Waals surface area contributed by atoms with Gasteiger partial charge in [0.15, 0.2) is 55.1 Å². The molecule has 10 atom stereocenters. The number of rotatable bonds is 9. The number of ether oxygens (including phenoxy) is 2. The summed E-state index contributed by atoms with van der Waals surface area (Å²) in [4.78, 5) is 60.5. The number of nitrogens with zero attached hydrogens (tertiary/aromatic N) is 8. The summed E-state index contributed by atoms with van der Waals surface area (Å²) < 4.78 is 96.1. The number of hydrogen-bond donors (Lipinski definition) is 3. The summed E-state index contributed by atoms with van der Waals surface area (Å²) in [5.74, 6) is -0.430. The van der Waals surface area contributed by atoms with Gasteiger partial charge in [-0.3, -0.25) is 41.3 Å². The highest BCUT2D eigenvalue weighted by atomic mass is 31.2. The van der Waals surface area contributed by atoms with E-state index in [0.29, 0.717) is 5.56 Å². The Balaban J connectivity index is 1.18. The number of nitrogens with one attached hydrogen (secondary N) is 2. The highest BCUT2D eigenvalue weighted by Crippen LogP contribution is 2.57. The Bertz CT molecular complexity index is 2700. The van der Waals surface area contributed by atoms with Crippen LogP contribution in [-0.4, -0.2) is 115 Å². The summed E-state index contributed by atoms with van der Waals surface area (Å²) >= 11 is 0. The molecule has 23 nitrogen and oxygen atoms in total. The van der Waals surface area contributed by atoms with Gasteiger partial charge in [0.25, 0.3) is 11.5 Å². The van der Waals surface area contributed by atoms with Crippen LogP contribution in [0.4, 0.5) is 10.2 Å². The monoisotopic (exact) mass is 932 g/mol. The molecule has 2 bridgehead atoms. The number of imidazole rings is 2. The van der Waals surface area contributed by atoms with E-state index in [2.05, 4.69) is 35.2 Å². The zero-order valence-electron chi connectivity index (χ0n) is 34.3. The lowest BCUT2D eigenvalue weighted by Crippen LogP contribution is -2.50. The van der Waals surface area contributed by atoms with E-state index < -0.39 is 109 Å². The minimum atomic E-state index is -5.23. The average Bonchev–Trinajstić information content (AvgIpc) is 4.01. The van der Waals surface area contributed by atoms with Gasteiger partial charge in [-0.15, -0.1) is 0 Å². The van der Waals surface area contributed by atoms with Crippen LogP contribution in [0.25, 0.3) is 22.3 Å². The SMILES string of the molecule is CC(C)(C)[Si](C)(C)O[C@@H]1C2COP(=O)(OCCC#N)O[C@@H]3C(COP(=O)(O)O[C@H]1C(n1cnc4c(NC(=O)c5ccccc5)ncnc41)O2)OC(n1cnc2c(=O)[nH]cnc21)[C@@H]3F. The van der Waals surface area contributed by atoms with Crippen LogP contribution >= 0.6 is 15.6 Å². The molecule has 7 heterocycles. The molecule has 3 N–H and O–H groups in total. The smallest absolute Gasteiger partial charge is 0.408 e. The molecule has 6 unspecified atom stereocenters. The summed E-state index contributed by atoms with van der Waals surface area (Å²) in [6, 6.07) is 10.3. The maximum atomic E-state index is 16.7. The number of H-pyrrole nitrogens is 1. The number of carbonyl (C=O) groups excluding carboxylic acids is 1.